The fourth-order valence-corrected chi connectivity index (χ4v) is 20.7. The number of anilines is 6. The SMILES string of the molecule is C=CC(=O)N1C[C@@H]2C(=O)N(C)c3c(c4cc(Cl)c(-c5c(O)cccc5F)c(F)c4n(-c4c(C)ncnc4C(C)C)c3=O)N2C[C@H]1C.C=CC(=O)N1C[C@@H]2C(=O)N(C)c3c(c4cc(Cl)c(-c5c(O)cccc5F)c(F)c4n(-c4c(C)ncnc4C(C)C)c3=O)N2C[C@H]1C.C=CC(=O)N1C[C@@H]2C(=O)N(C)c3c(c4cc(Cl)c(-c5c(O)cccc5F)c(F)c4n(-c4c(C)ncnc4C(C)C)c3=O)N2C[C@H]1C. The standard InChI is InChI=1S/3C33H31ClF2N6O4/c3*1-7-23(44)40-13-21-32(45)39(6)31-30(41(21)12-16(40)4)18-11-19(34)24(25-20(35)9-8-10-22(25)43)26(36)29(18)42(33(31)46)28-17(5)37-14-38-27(28)15(2)3/h3*7-11,14-16,21,43H,1,12-13H2,2-6H3/t3*16-,21-/m111/s1. The van der Waals surface area contributed by atoms with E-state index in [2.05, 4.69) is 49.6 Å². The van der Waals surface area contributed by atoms with E-state index < -0.39 is 156 Å². The topological polar surface area (TPSA) is 336 Å². The molecule has 6 amide bonds. The zero-order valence-corrected chi connectivity index (χ0v) is 79.7. The molecule has 0 radical (unpaired) electrons. The number of phenols is 3. The van der Waals surface area contributed by atoms with Crippen molar-refractivity contribution in [2.45, 2.75) is 137 Å². The fraction of sp³-hybridized carbons (Fsp3) is 0.303. The Kier molecular flexibility index (Phi) is 25.6. The fourth-order valence-electron chi connectivity index (χ4n) is 19.8. The number of benzene rings is 6. The number of hydrogen-bond acceptors (Lipinski definition) is 21. The highest BCUT2D eigenvalue weighted by Gasteiger charge is 2.51. The number of aromatic nitrogens is 9. The summed E-state index contributed by atoms with van der Waals surface area (Å²) < 4.78 is 101. The third-order valence-electron chi connectivity index (χ3n) is 26.3. The van der Waals surface area contributed by atoms with Gasteiger partial charge in [0.2, 0.25) is 17.7 Å². The molecule has 0 aliphatic carbocycles. The first-order valence-electron chi connectivity index (χ1n) is 44.0. The summed E-state index contributed by atoms with van der Waals surface area (Å²) in [6.45, 7) is 32.6. The summed E-state index contributed by atoms with van der Waals surface area (Å²) in [5.74, 6) is -10.7. The van der Waals surface area contributed by atoms with Crippen molar-refractivity contribution in [1.82, 2.24) is 58.3 Å². The molecule has 6 aliphatic heterocycles. The monoisotopic (exact) mass is 1940 g/mol. The highest BCUT2D eigenvalue weighted by molar-refractivity contribution is 6.36. The Balaban J connectivity index is 0.000000150. The van der Waals surface area contributed by atoms with E-state index in [4.69, 9.17) is 34.8 Å². The summed E-state index contributed by atoms with van der Waals surface area (Å²) >= 11 is 20.2. The molecule has 30 nitrogen and oxygen atoms in total. The van der Waals surface area contributed by atoms with Crippen LogP contribution in [0.2, 0.25) is 15.1 Å². The first-order chi connectivity index (χ1) is 65.4. The molecule has 6 aromatic carbocycles. The summed E-state index contributed by atoms with van der Waals surface area (Å²) in [4.78, 5) is 164. The predicted molar refractivity (Wildman–Crippen MR) is 516 cm³/mol. The van der Waals surface area contributed by atoms with Crippen LogP contribution in [0.4, 0.5) is 60.5 Å². The number of aromatic hydroxyl groups is 3. The van der Waals surface area contributed by atoms with Crippen molar-refractivity contribution in [2.24, 2.45) is 0 Å². The summed E-state index contributed by atoms with van der Waals surface area (Å²) in [6.07, 6.45) is 7.58. The van der Waals surface area contributed by atoms with Gasteiger partial charge in [-0.2, -0.15) is 0 Å². The largest absolute Gasteiger partial charge is 0.507 e. The Bertz CT molecular complexity index is 6770. The molecule has 18 rings (SSSR count). The number of halogens is 9. The van der Waals surface area contributed by atoms with Crippen molar-refractivity contribution in [3.63, 3.8) is 0 Å². The number of phenolic OH excluding ortho intramolecular Hbond substituents is 3. The number of piperazine rings is 3. The van der Waals surface area contributed by atoms with Gasteiger partial charge in [0.25, 0.3) is 34.4 Å². The van der Waals surface area contributed by atoms with Gasteiger partial charge in [-0.1, -0.05) is 114 Å². The van der Waals surface area contributed by atoms with Crippen LogP contribution in [0.1, 0.15) is 114 Å². The Morgan fingerprint density at radius 2 is 0.616 bits per heavy atom. The van der Waals surface area contributed by atoms with Crippen LogP contribution in [0.15, 0.2) is 144 Å². The zero-order chi connectivity index (χ0) is 100. The molecule has 0 saturated carbocycles. The number of hydrogen-bond donors (Lipinski definition) is 3. The average Bonchev–Trinajstić information content (AvgIpc) is 0.705. The van der Waals surface area contributed by atoms with Gasteiger partial charge in [-0.15, -0.1) is 0 Å². The second-order valence-electron chi connectivity index (χ2n) is 35.6. The van der Waals surface area contributed by atoms with Crippen LogP contribution < -0.4 is 46.1 Å². The van der Waals surface area contributed by atoms with Crippen molar-refractivity contribution in [3.05, 3.63) is 245 Å². The maximum absolute atomic E-state index is 17.3. The van der Waals surface area contributed by atoms with Gasteiger partial charge in [0.15, 0.2) is 17.5 Å². The van der Waals surface area contributed by atoms with E-state index in [1.54, 1.807) is 56.2 Å². The summed E-state index contributed by atoms with van der Waals surface area (Å²) in [5, 5.41) is 31.8. The first-order valence-corrected chi connectivity index (χ1v) is 45.2. The lowest BCUT2D eigenvalue weighted by molar-refractivity contribution is -0.132. The van der Waals surface area contributed by atoms with Gasteiger partial charge in [-0.3, -0.25) is 56.9 Å². The molecule has 39 heteroatoms. The van der Waals surface area contributed by atoms with Gasteiger partial charge in [-0.05, 0) is 132 Å². The second kappa shape index (κ2) is 36.5. The van der Waals surface area contributed by atoms with Crippen LogP contribution in [0.3, 0.4) is 0 Å². The number of aryl methyl sites for hydroxylation is 3. The number of likely N-dealkylation sites (N-methyl/N-ethyl adjacent to an activating group) is 3. The lowest BCUT2D eigenvalue weighted by atomic mass is 9.95. The minimum absolute atomic E-state index is 0.000259. The normalized spacial score (nSPS) is 17.8. The van der Waals surface area contributed by atoms with Gasteiger partial charge >= 0.3 is 0 Å². The van der Waals surface area contributed by atoms with Gasteiger partial charge in [0.1, 0.15) is 88.9 Å². The van der Waals surface area contributed by atoms with E-state index in [1.807, 2.05) is 41.5 Å². The Labute approximate surface area is 800 Å². The molecule has 6 aliphatic rings. The Hall–Kier alpha value is -14.5. The molecule has 12 heterocycles. The number of carbonyl (C=O) groups excluding carboxylic acids is 6. The molecule has 3 saturated heterocycles. The summed E-state index contributed by atoms with van der Waals surface area (Å²) in [7, 11) is 4.36. The van der Waals surface area contributed by atoms with Crippen LogP contribution in [0.25, 0.3) is 83.2 Å². The molecule has 6 aromatic heterocycles. The van der Waals surface area contributed by atoms with E-state index in [0.29, 0.717) is 34.2 Å². The van der Waals surface area contributed by atoms with E-state index in [-0.39, 0.29) is 174 Å². The average molecular weight is 1950 g/mol. The minimum atomic E-state index is -1.06. The van der Waals surface area contributed by atoms with E-state index >= 15 is 26.3 Å². The highest BCUT2D eigenvalue weighted by Crippen LogP contribution is 2.54. The molecule has 3 N–H and O–H groups in total. The molecule has 0 bridgehead atoms. The summed E-state index contributed by atoms with van der Waals surface area (Å²) in [6, 6.07) is 11.0. The third kappa shape index (κ3) is 15.3. The molecular weight excluding hydrogens is 1850 g/mol. The van der Waals surface area contributed by atoms with Gasteiger partial charge < -0.3 is 59.4 Å². The molecule has 6 atom stereocenters. The smallest absolute Gasteiger partial charge is 0.281 e. The van der Waals surface area contributed by atoms with E-state index in [9.17, 15) is 58.5 Å². The predicted octanol–water partition coefficient (Wildman–Crippen LogP) is 15.3. The van der Waals surface area contributed by atoms with E-state index in [0.717, 1.165) is 31.9 Å². The highest BCUT2D eigenvalue weighted by atomic mass is 35.5. The quantitative estimate of drug-likeness (QED) is 0.0755. The molecule has 138 heavy (non-hydrogen) atoms. The first kappa shape index (κ1) is 96.6. The molecule has 0 spiro atoms. The molecule has 12 aromatic rings. The van der Waals surface area contributed by atoms with Gasteiger partial charge in [-0.25, -0.2) is 56.2 Å². The minimum Gasteiger partial charge on any atom is -0.507 e. The second-order valence-corrected chi connectivity index (χ2v) is 36.8. The van der Waals surface area contributed by atoms with Gasteiger partial charge in [0, 0.05) is 91.8 Å². The summed E-state index contributed by atoms with van der Waals surface area (Å²) in [5.41, 5.74) is -2.06. The lowest BCUT2D eigenvalue weighted by Gasteiger charge is -2.50. The van der Waals surface area contributed by atoms with Crippen LogP contribution in [-0.4, -0.2) is 206 Å². The van der Waals surface area contributed by atoms with E-state index in [1.165, 1.54) is 142 Å². The maximum Gasteiger partial charge on any atom is 0.281 e. The number of amides is 6. The Morgan fingerprint density at radius 3 is 0.833 bits per heavy atom. The number of fused-ring (bicyclic) bond motifs is 15. The maximum atomic E-state index is 17.3. The third-order valence-corrected chi connectivity index (χ3v) is 27.2. The van der Waals surface area contributed by atoms with Crippen LogP contribution >= 0.6 is 34.8 Å². The van der Waals surface area contributed by atoms with Crippen molar-refractivity contribution in [1.29, 1.82) is 0 Å². The van der Waals surface area contributed by atoms with Crippen molar-refractivity contribution in [3.8, 4) is 67.7 Å². The van der Waals surface area contributed by atoms with Crippen molar-refractivity contribution < 1.29 is 70.4 Å². The number of carbonyl (C=O) groups is 6. The molecule has 0 unspecified atom stereocenters. The Morgan fingerprint density at radius 1 is 0.377 bits per heavy atom. The van der Waals surface area contributed by atoms with Crippen molar-refractivity contribution in [2.75, 3.05) is 89.8 Å². The van der Waals surface area contributed by atoms with Crippen LogP contribution in [0, 0.1) is 55.7 Å². The number of nitrogens with zero attached hydrogens (tertiary/aromatic N) is 18. The van der Waals surface area contributed by atoms with Crippen LogP contribution in [-0.2, 0) is 28.8 Å². The number of pyridine rings is 3. The lowest BCUT2D eigenvalue weighted by Crippen LogP contribution is -2.66. The molecule has 3 fully saturated rings. The van der Waals surface area contributed by atoms with Crippen molar-refractivity contribution >= 4 is 137 Å². The zero-order valence-electron chi connectivity index (χ0n) is 77.4. The molecular formula is C99H93Cl3F6N18O12. The molecule has 714 valence electrons. The van der Waals surface area contributed by atoms with Gasteiger partial charge in [0.05, 0.1) is 136 Å². The van der Waals surface area contributed by atoms with Crippen LogP contribution in [0.5, 0.6) is 17.2 Å². The number of rotatable bonds is 12.